The van der Waals surface area contributed by atoms with Gasteiger partial charge in [-0.15, -0.1) is 0 Å². The molecule has 2 aromatic carbocycles. The maximum absolute atomic E-state index is 13.6. The number of aromatic nitrogens is 1. The highest BCUT2D eigenvalue weighted by atomic mass is 35.5. The van der Waals surface area contributed by atoms with Crippen LogP contribution in [0.2, 0.25) is 10.0 Å². The minimum atomic E-state index is -0.0715. The van der Waals surface area contributed by atoms with Gasteiger partial charge in [-0.05, 0) is 42.4 Å². The third-order valence-electron chi connectivity index (χ3n) is 5.72. The highest BCUT2D eigenvalue weighted by molar-refractivity contribution is 6.34. The Balaban J connectivity index is 1.67. The topological polar surface area (TPSA) is 39.7 Å². The third-order valence-corrected chi connectivity index (χ3v) is 6.16. The molecule has 0 saturated carbocycles. The van der Waals surface area contributed by atoms with Crippen molar-refractivity contribution in [3.05, 3.63) is 82.0 Å². The molecule has 166 valence electrons. The molecule has 7 heteroatoms. The Kier molecular flexibility index (Phi) is 6.99. The van der Waals surface area contributed by atoms with Gasteiger partial charge in [-0.1, -0.05) is 53.5 Å². The second kappa shape index (κ2) is 9.90. The normalized spacial score (nSPS) is 14.4. The molecule has 32 heavy (non-hydrogen) atoms. The molecule has 1 saturated heterocycles. The van der Waals surface area contributed by atoms with Crippen LogP contribution in [0.5, 0.6) is 0 Å². The van der Waals surface area contributed by atoms with E-state index in [0.29, 0.717) is 22.2 Å². The lowest BCUT2D eigenvalue weighted by Gasteiger charge is -2.33. The van der Waals surface area contributed by atoms with E-state index in [1.165, 1.54) is 0 Å². The summed E-state index contributed by atoms with van der Waals surface area (Å²) in [5.74, 6) is 0.762. The van der Waals surface area contributed by atoms with Crippen LogP contribution in [0.3, 0.4) is 0 Å². The van der Waals surface area contributed by atoms with Crippen molar-refractivity contribution < 1.29 is 4.79 Å². The smallest absolute Gasteiger partial charge is 0.254 e. The van der Waals surface area contributed by atoms with E-state index in [1.807, 2.05) is 54.7 Å². The molecular formula is C25H26Cl2N4O. The number of hydrogen-bond acceptors (Lipinski definition) is 4. The summed E-state index contributed by atoms with van der Waals surface area (Å²) < 4.78 is 0. The van der Waals surface area contributed by atoms with Gasteiger partial charge in [0, 0.05) is 61.6 Å². The summed E-state index contributed by atoms with van der Waals surface area (Å²) in [5, 5.41) is 1.11. The second-order valence-electron chi connectivity index (χ2n) is 8.18. The van der Waals surface area contributed by atoms with Crippen LogP contribution in [0.4, 0.5) is 5.82 Å². The lowest BCUT2D eigenvalue weighted by molar-refractivity contribution is 0.0785. The number of benzene rings is 2. The molecule has 2 heterocycles. The molecule has 5 nitrogen and oxygen atoms in total. The minimum absolute atomic E-state index is 0.0715. The molecule has 0 atom stereocenters. The van der Waals surface area contributed by atoms with E-state index in [2.05, 4.69) is 16.8 Å². The monoisotopic (exact) mass is 468 g/mol. The average Bonchev–Trinajstić information content (AvgIpc) is 2.78. The Morgan fingerprint density at radius 1 is 1.00 bits per heavy atom. The first kappa shape index (κ1) is 22.6. The molecule has 1 aromatic heterocycles. The van der Waals surface area contributed by atoms with Crippen molar-refractivity contribution in [1.82, 2.24) is 14.8 Å². The van der Waals surface area contributed by atoms with E-state index >= 15 is 0 Å². The summed E-state index contributed by atoms with van der Waals surface area (Å²) in [6.07, 6.45) is 1.82. The van der Waals surface area contributed by atoms with Crippen molar-refractivity contribution in [2.75, 3.05) is 45.2 Å². The van der Waals surface area contributed by atoms with Crippen molar-refractivity contribution in [3.8, 4) is 11.1 Å². The first-order valence-electron chi connectivity index (χ1n) is 10.6. The fourth-order valence-electron chi connectivity index (χ4n) is 3.93. The molecule has 0 bridgehead atoms. The van der Waals surface area contributed by atoms with Crippen molar-refractivity contribution in [2.24, 2.45) is 0 Å². The Bertz CT molecular complexity index is 1080. The Labute approximate surface area is 199 Å². The zero-order valence-electron chi connectivity index (χ0n) is 18.3. The first-order chi connectivity index (χ1) is 15.4. The van der Waals surface area contributed by atoms with Crippen LogP contribution in [0.25, 0.3) is 11.1 Å². The zero-order chi connectivity index (χ0) is 22.7. The van der Waals surface area contributed by atoms with Gasteiger partial charge in [-0.2, -0.15) is 0 Å². The van der Waals surface area contributed by atoms with Gasteiger partial charge >= 0.3 is 0 Å². The van der Waals surface area contributed by atoms with Crippen LogP contribution in [-0.2, 0) is 6.54 Å². The van der Waals surface area contributed by atoms with Crippen LogP contribution in [0.15, 0.2) is 60.8 Å². The van der Waals surface area contributed by atoms with E-state index < -0.39 is 0 Å². The van der Waals surface area contributed by atoms with Gasteiger partial charge in [0.25, 0.3) is 5.91 Å². The Morgan fingerprint density at radius 3 is 2.31 bits per heavy atom. The maximum atomic E-state index is 13.6. The van der Waals surface area contributed by atoms with Gasteiger partial charge in [-0.3, -0.25) is 4.79 Å². The molecular weight excluding hydrogens is 443 g/mol. The van der Waals surface area contributed by atoms with E-state index in [0.717, 1.165) is 48.7 Å². The fourth-order valence-corrected chi connectivity index (χ4v) is 4.50. The number of halogens is 2. The summed E-state index contributed by atoms with van der Waals surface area (Å²) in [5.41, 5.74) is 3.31. The number of anilines is 1. The van der Waals surface area contributed by atoms with E-state index in [4.69, 9.17) is 28.2 Å². The molecule has 3 aromatic rings. The summed E-state index contributed by atoms with van der Waals surface area (Å²) in [4.78, 5) is 24.5. The van der Waals surface area contributed by atoms with Crippen LogP contribution >= 0.6 is 23.2 Å². The van der Waals surface area contributed by atoms with Crippen molar-refractivity contribution in [2.45, 2.75) is 6.54 Å². The molecule has 1 aliphatic heterocycles. The van der Waals surface area contributed by atoms with Gasteiger partial charge in [-0.25, -0.2) is 4.98 Å². The quantitative estimate of drug-likeness (QED) is 0.523. The zero-order valence-corrected chi connectivity index (χ0v) is 19.8. The van der Waals surface area contributed by atoms with E-state index in [-0.39, 0.29) is 5.91 Å². The molecule has 1 aliphatic rings. The number of amides is 1. The van der Waals surface area contributed by atoms with Gasteiger partial charge in [0.2, 0.25) is 0 Å². The van der Waals surface area contributed by atoms with Crippen LogP contribution < -0.4 is 4.90 Å². The lowest BCUT2D eigenvalue weighted by Crippen LogP contribution is -2.44. The van der Waals surface area contributed by atoms with E-state index in [9.17, 15) is 4.79 Å². The number of likely N-dealkylation sites (N-methyl/N-ethyl adjacent to an activating group) is 1. The predicted molar refractivity (Wildman–Crippen MR) is 132 cm³/mol. The summed E-state index contributed by atoms with van der Waals surface area (Å²) in [6.45, 7) is 4.12. The number of piperazine rings is 1. The molecule has 4 rings (SSSR count). The van der Waals surface area contributed by atoms with Crippen LogP contribution in [0.1, 0.15) is 15.9 Å². The van der Waals surface area contributed by atoms with Crippen molar-refractivity contribution in [1.29, 1.82) is 0 Å². The first-order valence-corrected chi connectivity index (χ1v) is 11.4. The number of hydrogen-bond donors (Lipinski definition) is 0. The molecule has 0 unspecified atom stereocenters. The Hall–Kier alpha value is -2.60. The lowest BCUT2D eigenvalue weighted by atomic mass is 10.0. The van der Waals surface area contributed by atoms with Crippen molar-refractivity contribution >= 4 is 34.9 Å². The van der Waals surface area contributed by atoms with Gasteiger partial charge in [0.15, 0.2) is 0 Å². The number of carbonyl (C=O) groups excluding carboxylic acids is 1. The number of rotatable bonds is 5. The number of pyridine rings is 1. The maximum Gasteiger partial charge on any atom is 0.254 e. The molecule has 0 N–H and O–H groups in total. The Morgan fingerprint density at radius 2 is 1.66 bits per heavy atom. The van der Waals surface area contributed by atoms with Crippen LogP contribution in [0, 0.1) is 0 Å². The largest absolute Gasteiger partial charge is 0.354 e. The second-order valence-corrected chi connectivity index (χ2v) is 9.06. The minimum Gasteiger partial charge on any atom is -0.354 e. The predicted octanol–water partition coefficient (Wildman–Crippen LogP) is 5.08. The highest BCUT2D eigenvalue weighted by Gasteiger charge is 2.22. The molecule has 0 spiro atoms. The molecule has 1 amide bonds. The fraction of sp³-hybridized carbons (Fsp3) is 0.280. The van der Waals surface area contributed by atoms with Gasteiger partial charge in [0.05, 0.1) is 5.56 Å². The standard InChI is InChI=1S/C25H26Cl2N4O/c1-29-8-10-31(11-9-29)24-15-22(23(16-28-24)19-6-4-3-5-7-19)25(32)30(2)17-18-12-20(26)14-21(27)13-18/h3-7,12-16H,8-11,17H2,1-2H3. The third kappa shape index (κ3) is 5.23. The summed E-state index contributed by atoms with van der Waals surface area (Å²) in [7, 11) is 3.91. The van der Waals surface area contributed by atoms with Gasteiger partial charge in [0.1, 0.15) is 5.82 Å². The molecule has 1 fully saturated rings. The average molecular weight is 469 g/mol. The molecule has 0 aliphatic carbocycles. The SMILES string of the molecule is CN1CCN(c2cc(C(=O)N(C)Cc3cc(Cl)cc(Cl)c3)c(-c3ccccc3)cn2)CC1. The number of carbonyl (C=O) groups is 1. The summed E-state index contributed by atoms with van der Waals surface area (Å²) in [6, 6.07) is 17.2. The highest BCUT2D eigenvalue weighted by Crippen LogP contribution is 2.28. The van der Waals surface area contributed by atoms with Gasteiger partial charge < -0.3 is 14.7 Å². The van der Waals surface area contributed by atoms with Crippen molar-refractivity contribution in [3.63, 3.8) is 0 Å². The summed E-state index contributed by atoms with van der Waals surface area (Å²) >= 11 is 12.3. The van der Waals surface area contributed by atoms with E-state index in [1.54, 1.807) is 18.0 Å². The number of nitrogens with zero attached hydrogens (tertiary/aromatic N) is 4. The molecule has 0 radical (unpaired) electrons. The van der Waals surface area contributed by atoms with Crippen LogP contribution in [-0.4, -0.2) is 61.0 Å².